The third-order valence-electron chi connectivity index (χ3n) is 4.91. The van der Waals surface area contributed by atoms with Crippen LogP contribution in [0.1, 0.15) is 37.2 Å². The first-order valence-electron chi connectivity index (χ1n) is 9.17. The topological polar surface area (TPSA) is 51.4 Å². The van der Waals surface area contributed by atoms with Crippen LogP contribution in [0.4, 0.5) is 15.8 Å². The minimum atomic E-state index is -0.239. The van der Waals surface area contributed by atoms with Gasteiger partial charge in [-0.3, -0.25) is 4.79 Å². The number of carbonyl (C=O) groups is 1. The van der Waals surface area contributed by atoms with Crippen molar-refractivity contribution in [2.45, 2.75) is 38.8 Å². The number of anilines is 2. The number of aromatic amines is 1. The lowest BCUT2D eigenvalue weighted by atomic mass is 10.0. The van der Waals surface area contributed by atoms with E-state index < -0.39 is 0 Å². The van der Waals surface area contributed by atoms with E-state index in [-0.39, 0.29) is 17.8 Å². The van der Waals surface area contributed by atoms with Crippen molar-refractivity contribution in [3.05, 3.63) is 48.0 Å². The van der Waals surface area contributed by atoms with E-state index >= 15 is 0 Å². The van der Waals surface area contributed by atoms with E-state index in [1.807, 2.05) is 44.0 Å². The standard InChI is InChI=1S/C20H27FN4O/c1-14(2)23-18-13-15(21)6-7-19(18)24(3)16-8-11-25(12-9-16)20(26)17-5-4-10-22-17/h4-7,10,13-14,16,22-23H,8-9,11-12H2,1-3H3. The Balaban J connectivity index is 1.67. The fourth-order valence-corrected chi connectivity index (χ4v) is 3.53. The van der Waals surface area contributed by atoms with Crippen LogP contribution in [0.15, 0.2) is 36.5 Å². The molecule has 2 aromatic rings. The molecule has 1 aliphatic heterocycles. The summed E-state index contributed by atoms with van der Waals surface area (Å²) in [4.78, 5) is 19.5. The second-order valence-electron chi connectivity index (χ2n) is 7.18. The van der Waals surface area contributed by atoms with E-state index in [0.717, 1.165) is 37.3 Å². The van der Waals surface area contributed by atoms with Gasteiger partial charge in [-0.05, 0) is 57.0 Å². The summed E-state index contributed by atoms with van der Waals surface area (Å²) in [5.41, 5.74) is 2.44. The van der Waals surface area contributed by atoms with E-state index in [0.29, 0.717) is 11.7 Å². The molecule has 1 amide bonds. The molecule has 26 heavy (non-hydrogen) atoms. The molecular weight excluding hydrogens is 331 g/mol. The predicted molar refractivity (Wildman–Crippen MR) is 103 cm³/mol. The Hall–Kier alpha value is -2.50. The highest BCUT2D eigenvalue weighted by Crippen LogP contribution is 2.30. The van der Waals surface area contributed by atoms with Crippen molar-refractivity contribution in [3.8, 4) is 0 Å². The molecule has 0 saturated carbocycles. The molecule has 0 radical (unpaired) electrons. The molecule has 1 aromatic heterocycles. The molecule has 1 aliphatic rings. The number of benzene rings is 1. The van der Waals surface area contributed by atoms with Crippen molar-refractivity contribution < 1.29 is 9.18 Å². The predicted octanol–water partition coefficient (Wildman–Crippen LogP) is 3.72. The van der Waals surface area contributed by atoms with E-state index in [2.05, 4.69) is 15.2 Å². The van der Waals surface area contributed by atoms with Gasteiger partial charge in [0.25, 0.3) is 5.91 Å². The van der Waals surface area contributed by atoms with Crippen molar-refractivity contribution in [1.29, 1.82) is 0 Å². The van der Waals surface area contributed by atoms with Crippen LogP contribution in [-0.4, -0.2) is 48.0 Å². The molecule has 3 rings (SSSR count). The number of piperidine rings is 1. The number of hydrogen-bond donors (Lipinski definition) is 2. The van der Waals surface area contributed by atoms with Crippen LogP contribution in [0, 0.1) is 5.82 Å². The number of H-pyrrole nitrogens is 1. The monoisotopic (exact) mass is 358 g/mol. The number of hydrogen-bond acceptors (Lipinski definition) is 3. The van der Waals surface area contributed by atoms with Gasteiger partial charge in [0.05, 0.1) is 11.4 Å². The van der Waals surface area contributed by atoms with Gasteiger partial charge in [-0.15, -0.1) is 0 Å². The number of halogens is 1. The second kappa shape index (κ2) is 7.81. The summed E-state index contributed by atoms with van der Waals surface area (Å²) in [5, 5.41) is 3.33. The average molecular weight is 358 g/mol. The molecule has 0 atom stereocenters. The van der Waals surface area contributed by atoms with E-state index in [4.69, 9.17) is 0 Å². The Bertz CT molecular complexity index is 736. The first kappa shape index (κ1) is 18.3. The Morgan fingerprint density at radius 1 is 1.31 bits per heavy atom. The molecule has 2 heterocycles. The van der Waals surface area contributed by atoms with Gasteiger partial charge in [0, 0.05) is 38.4 Å². The maximum atomic E-state index is 13.7. The van der Waals surface area contributed by atoms with Gasteiger partial charge in [-0.25, -0.2) is 4.39 Å². The van der Waals surface area contributed by atoms with Gasteiger partial charge < -0.3 is 20.1 Å². The van der Waals surface area contributed by atoms with Gasteiger partial charge in [0.2, 0.25) is 0 Å². The Morgan fingerprint density at radius 3 is 2.65 bits per heavy atom. The van der Waals surface area contributed by atoms with Gasteiger partial charge in [-0.2, -0.15) is 0 Å². The molecule has 0 spiro atoms. The van der Waals surface area contributed by atoms with Crippen LogP contribution in [0.3, 0.4) is 0 Å². The molecule has 1 saturated heterocycles. The average Bonchev–Trinajstić information content (AvgIpc) is 3.15. The van der Waals surface area contributed by atoms with Crippen molar-refractivity contribution in [3.63, 3.8) is 0 Å². The number of carbonyl (C=O) groups excluding carboxylic acids is 1. The number of nitrogens with zero attached hydrogens (tertiary/aromatic N) is 2. The second-order valence-corrected chi connectivity index (χ2v) is 7.18. The highest BCUT2D eigenvalue weighted by atomic mass is 19.1. The van der Waals surface area contributed by atoms with Crippen LogP contribution in [0.5, 0.6) is 0 Å². The SMILES string of the molecule is CC(C)Nc1cc(F)ccc1N(C)C1CCN(C(=O)c2ccc[nH]2)CC1. The van der Waals surface area contributed by atoms with Gasteiger partial charge >= 0.3 is 0 Å². The van der Waals surface area contributed by atoms with Crippen LogP contribution < -0.4 is 10.2 Å². The zero-order valence-corrected chi connectivity index (χ0v) is 15.6. The zero-order valence-electron chi connectivity index (χ0n) is 15.6. The first-order valence-corrected chi connectivity index (χ1v) is 9.17. The maximum Gasteiger partial charge on any atom is 0.270 e. The van der Waals surface area contributed by atoms with Crippen LogP contribution >= 0.6 is 0 Å². The molecule has 0 unspecified atom stereocenters. The maximum absolute atomic E-state index is 13.7. The Kier molecular flexibility index (Phi) is 5.49. The van der Waals surface area contributed by atoms with Crippen molar-refractivity contribution >= 4 is 17.3 Å². The molecule has 6 heteroatoms. The quantitative estimate of drug-likeness (QED) is 0.857. The molecule has 2 N–H and O–H groups in total. The number of aromatic nitrogens is 1. The first-order chi connectivity index (χ1) is 12.5. The van der Waals surface area contributed by atoms with Gasteiger partial charge in [0.1, 0.15) is 11.5 Å². The lowest BCUT2D eigenvalue weighted by Crippen LogP contribution is -2.46. The number of amides is 1. The fourth-order valence-electron chi connectivity index (χ4n) is 3.53. The van der Waals surface area contributed by atoms with E-state index in [1.165, 1.54) is 6.07 Å². The van der Waals surface area contributed by atoms with Crippen molar-refractivity contribution in [1.82, 2.24) is 9.88 Å². The van der Waals surface area contributed by atoms with Crippen LogP contribution in [-0.2, 0) is 0 Å². The van der Waals surface area contributed by atoms with Gasteiger partial charge in [0.15, 0.2) is 0 Å². The minimum Gasteiger partial charge on any atom is -0.381 e. The Morgan fingerprint density at radius 2 is 2.04 bits per heavy atom. The van der Waals surface area contributed by atoms with Crippen LogP contribution in [0.25, 0.3) is 0 Å². The minimum absolute atomic E-state index is 0.0556. The van der Waals surface area contributed by atoms with Crippen molar-refractivity contribution in [2.24, 2.45) is 0 Å². The van der Waals surface area contributed by atoms with E-state index in [1.54, 1.807) is 12.3 Å². The third-order valence-corrected chi connectivity index (χ3v) is 4.91. The number of rotatable bonds is 5. The molecule has 5 nitrogen and oxygen atoms in total. The number of nitrogens with one attached hydrogen (secondary N) is 2. The largest absolute Gasteiger partial charge is 0.381 e. The third kappa shape index (κ3) is 4.00. The van der Waals surface area contributed by atoms with Crippen LogP contribution in [0.2, 0.25) is 0 Å². The summed E-state index contributed by atoms with van der Waals surface area (Å²) in [5.74, 6) is -0.184. The van der Waals surface area contributed by atoms with Crippen molar-refractivity contribution in [2.75, 3.05) is 30.4 Å². The summed E-state index contributed by atoms with van der Waals surface area (Å²) in [7, 11) is 2.05. The van der Waals surface area contributed by atoms with E-state index in [9.17, 15) is 9.18 Å². The highest BCUT2D eigenvalue weighted by Gasteiger charge is 2.27. The summed E-state index contributed by atoms with van der Waals surface area (Å²) in [6.45, 7) is 5.53. The zero-order chi connectivity index (χ0) is 18.7. The number of likely N-dealkylation sites (tertiary alicyclic amines) is 1. The fraction of sp³-hybridized carbons (Fsp3) is 0.450. The molecule has 1 aromatic carbocycles. The molecule has 140 valence electrons. The Labute approximate surface area is 154 Å². The molecule has 0 aliphatic carbocycles. The summed E-state index contributed by atoms with van der Waals surface area (Å²) in [6.07, 6.45) is 3.55. The lowest BCUT2D eigenvalue weighted by Gasteiger charge is -2.38. The molecular formula is C20H27FN4O. The normalized spacial score (nSPS) is 15.3. The smallest absolute Gasteiger partial charge is 0.270 e. The lowest BCUT2D eigenvalue weighted by molar-refractivity contribution is 0.0708. The van der Waals surface area contributed by atoms with Gasteiger partial charge in [-0.1, -0.05) is 0 Å². The summed E-state index contributed by atoms with van der Waals surface area (Å²) < 4.78 is 13.7. The molecule has 0 bridgehead atoms. The molecule has 1 fully saturated rings. The summed E-state index contributed by atoms with van der Waals surface area (Å²) in [6, 6.07) is 9.08. The highest BCUT2D eigenvalue weighted by molar-refractivity contribution is 5.92. The summed E-state index contributed by atoms with van der Waals surface area (Å²) >= 11 is 0.